The number of carbonyl (C=O) groups excluding carboxylic acids is 1. The second kappa shape index (κ2) is 16.6. The van der Waals surface area contributed by atoms with Crippen LogP contribution in [0, 0.1) is 0 Å². The highest BCUT2D eigenvalue weighted by atomic mass is 16.5. The molecule has 0 aliphatic rings. The largest absolute Gasteiger partial charge is 0.463 e. The fraction of sp³-hybridized carbons (Fsp3) is 0.769. The molecule has 0 fully saturated rings. The maximum atomic E-state index is 10.3. The van der Waals surface area contributed by atoms with E-state index < -0.39 is 0 Å². The van der Waals surface area contributed by atoms with Gasteiger partial charge in [0.1, 0.15) is 0 Å². The van der Waals surface area contributed by atoms with Gasteiger partial charge in [-0.25, -0.2) is 4.79 Å². The Morgan fingerprint density at radius 1 is 1.19 bits per heavy atom. The molecule has 0 radical (unpaired) electrons. The predicted octanol–water partition coefficient (Wildman–Crippen LogP) is 3.04. The van der Waals surface area contributed by atoms with Gasteiger partial charge in [0.2, 0.25) is 0 Å². The molecule has 0 aromatic heterocycles. The lowest BCUT2D eigenvalue weighted by Crippen LogP contribution is -2.00. The van der Waals surface area contributed by atoms with Gasteiger partial charge in [0, 0.05) is 6.08 Å². The van der Waals surface area contributed by atoms with Crippen LogP contribution in [0.25, 0.3) is 0 Å². The molecule has 0 aliphatic carbocycles. The molecule has 96 valence electrons. The van der Waals surface area contributed by atoms with E-state index in [1.54, 1.807) is 0 Å². The maximum absolute atomic E-state index is 10.3. The lowest BCUT2D eigenvalue weighted by Gasteiger charge is -1.97. The quantitative estimate of drug-likeness (QED) is 0.395. The van der Waals surface area contributed by atoms with E-state index in [1.807, 2.05) is 6.92 Å². The zero-order valence-corrected chi connectivity index (χ0v) is 10.8. The van der Waals surface area contributed by atoms with Gasteiger partial charge in [-0.15, -0.1) is 0 Å². The number of rotatable bonds is 8. The number of ether oxygens (including phenoxy) is 1. The standard InChI is InChI=1S/C7H12O2.C6H15N/c1-3-5-6-9-7(8)4-2;1-2-3-4-5-6-7/h4H,2-3,5-6H2,1H3;2-7H2,1H3. The summed E-state index contributed by atoms with van der Waals surface area (Å²) in [5.74, 6) is -0.330. The summed E-state index contributed by atoms with van der Waals surface area (Å²) in [5.41, 5.74) is 5.27. The van der Waals surface area contributed by atoms with E-state index in [-0.39, 0.29) is 5.97 Å². The molecule has 3 heteroatoms. The van der Waals surface area contributed by atoms with Crippen molar-refractivity contribution in [2.45, 2.75) is 52.4 Å². The Hall–Kier alpha value is -0.830. The highest BCUT2D eigenvalue weighted by Gasteiger charge is 1.91. The molecular weight excluding hydrogens is 202 g/mol. The van der Waals surface area contributed by atoms with Crippen LogP contribution in [-0.4, -0.2) is 19.1 Å². The van der Waals surface area contributed by atoms with Gasteiger partial charge in [0.25, 0.3) is 0 Å². The van der Waals surface area contributed by atoms with E-state index >= 15 is 0 Å². The number of carbonyl (C=O) groups is 1. The Kier molecular flexibility index (Phi) is 18.2. The van der Waals surface area contributed by atoms with E-state index in [4.69, 9.17) is 5.73 Å². The van der Waals surface area contributed by atoms with Crippen LogP contribution < -0.4 is 5.73 Å². The fourth-order valence-corrected chi connectivity index (χ4v) is 0.947. The highest BCUT2D eigenvalue weighted by molar-refractivity contribution is 5.81. The van der Waals surface area contributed by atoms with Crippen molar-refractivity contribution in [1.29, 1.82) is 0 Å². The summed E-state index contributed by atoms with van der Waals surface area (Å²) < 4.78 is 4.67. The maximum Gasteiger partial charge on any atom is 0.330 e. The first-order valence-electron chi connectivity index (χ1n) is 6.22. The van der Waals surface area contributed by atoms with Crippen molar-refractivity contribution < 1.29 is 9.53 Å². The second-order valence-electron chi connectivity index (χ2n) is 3.57. The van der Waals surface area contributed by atoms with Crippen LogP contribution in [0.5, 0.6) is 0 Å². The third-order valence-corrected chi connectivity index (χ3v) is 1.97. The van der Waals surface area contributed by atoms with Crippen LogP contribution in [0.15, 0.2) is 12.7 Å². The Labute approximate surface area is 100 Å². The Morgan fingerprint density at radius 3 is 2.25 bits per heavy atom. The smallest absolute Gasteiger partial charge is 0.330 e. The average Bonchev–Trinajstić information content (AvgIpc) is 2.31. The summed E-state index contributed by atoms with van der Waals surface area (Å²) >= 11 is 0. The van der Waals surface area contributed by atoms with E-state index in [2.05, 4.69) is 18.2 Å². The van der Waals surface area contributed by atoms with Gasteiger partial charge in [-0.2, -0.15) is 0 Å². The van der Waals surface area contributed by atoms with E-state index in [1.165, 1.54) is 31.8 Å². The molecule has 0 heterocycles. The normalized spacial score (nSPS) is 8.94. The van der Waals surface area contributed by atoms with Gasteiger partial charge in [0.15, 0.2) is 0 Å². The molecule has 0 rings (SSSR count). The minimum Gasteiger partial charge on any atom is -0.463 e. The lowest BCUT2D eigenvalue weighted by atomic mass is 10.2. The monoisotopic (exact) mass is 229 g/mol. The Morgan fingerprint density at radius 2 is 1.81 bits per heavy atom. The first-order valence-corrected chi connectivity index (χ1v) is 6.22. The van der Waals surface area contributed by atoms with Crippen molar-refractivity contribution in [1.82, 2.24) is 0 Å². The molecule has 0 aromatic rings. The molecule has 0 aliphatic heterocycles. The van der Waals surface area contributed by atoms with Crippen molar-refractivity contribution in [3.8, 4) is 0 Å². The molecule has 3 nitrogen and oxygen atoms in total. The Bertz CT molecular complexity index is 154. The molecular formula is C13H27NO2. The predicted molar refractivity (Wildman–Crippen MR) is 69.3 cm³/mol. The molecule has 0 unspecified atom stereocenters. The zero-order chi connectivity index (χ0) is 12.6. The summed E-state index contributed by atoms with van der Waals surface area (Å²) in [7, 11) is 0. The molecule has 0 atom stereocenters. The molecule has 0 saturated carbocycles. The summed E-state index contributed by atoms with van der Waals surface area (Å²) in [6, 6.07) is 0. The number of hydrogen-bond acceptors (Lipinski definition) is 3. The van der Waals surface area contributed by atoms with Crippen LogP contribution in [0.2, 0.25) is 0 Å². The lowest BCUT2D eigenvalue weighted by molar-refractivity contribution is -0.137. The van der Waals surface area contributed by atoms with Gasteiger partial charge >= 0.3 is 5.97 Å². The van der Waals surface area contributed by atoms with E-state index in [9.17, 15) is 4.79 Å². The number of unbranched alkanes of at least 4 members (excludes halogenated alkanes) is 4. The van der Waals surface area contributed by atoms with Crippen molar-refractivity contribution in [3.63, 3.8) is 0 Å². The van der Waals surface area contributed by atoms with Gasteiger partial charge in [-0.05, 0) is 19.4 Å². The van der Waals surface area contributed by atoms with Crippen molar-refractivity contribution in [2.24, 2.45) is 5.73 Å². The van der Waals surface area contributed by atoms with E-state index in [0.717, 1.165) is 19.4 Å². The SMILES string of the molecule is C=CC(=O)OCCCC.CCCCCCN. The topological polar surface area (TPSA) is 52.3 Å². The minimum atomic E-state index is -0.330. The zero-order valence-electron chi connectivity index (χ0n) is 10.8. The van der Waals surface area contributed by atoms with Crippen molar-refractivity contribution in [2.75, 3.05) is 13.2 Å². The highest BCUT2D eigenvalue weighted by Crippen LogP contribution is 1.95. The number of esters is 1. The summed E-state index contributed by atoms with van der Waals surface area (Å²) in [6.45, 7) is 8.89. The van der Waals surface area contributed by atoms with Crippen molar-refractivity contribution >= 4 is 5.97 Å². The van der Waals surface area contributed by atoms with Crippen LogP contribution in [-0.2, 0) is 9.53 Å². The van der Waals surface area contributed by atoms with Gasteiger partial charge in [-0.1, -0.05) is 46.1 Å². The van der Waals surface area contributed by atoms with E-state index in [0.29, 0.717) is 6.61 Å². The molecule has 0 bridgehead atoms. The Balaban J connectivity index is 0. The third-order valence-electron chi connectivity index (χ3n) is 1.97. The first-order chi connectivity index (χ1) is 7.72. The molecule has 0 spiro atoms. The molecule has 0 saturated heterocycles. The van der Waals surface area contributed by atoms with Gasteiger partial charge in [-0.3, -0.25) is 0 Å². The van der Waals surface area contributed by atoms with Gasteiger partial charge < -0.3 is 10.5 Å². The number of nitrogens with two attached hydrogens (primary N) is 1. The van der Waals surface area contributed by atoms with Crippen molar-refractivity contribution in [3.05, 3.63) is 12.7 Å². The summed E-state index contributed by atoms with van der Waals surface area (Å²) in [4.78, 5) is 10.3. The van der Waals surface area contributed by atoms with Gasteiger partial charge in [0.05, 0.1) is 6.61 Å². The number of hydrogen-bond donors (Lipinski definition) is 1. The first kappa shape index (κ1) is 17.6. The molecule has 0 aromatic carbocycles. The fourth-order valence-electron chi connectivity index (χ4n) is 0.947. The second-order valence-corrected chi connectivity index (χ2v) is 3.57. The average molecular weight is 229 g/mol. The molecule has 16 heavy (non-hydrogen) atoms. The summed E-state index contributed by atoms with van der Waals surface area (Å²) in [5, 5.41) is 0. The summed E-state index contributed by atoms with van der Waals surface area (Å²) in [6.07, 6.45) is 8.32. The third kappa shape index (κ3) is 18.9. The van der Waals surface area contributed by atoms with Crippen LogP contribution in [0.1, 0.15) is 52.4 Å². The molecule has 0 amide bonds. The van der Waals surface area contributed by atoms with Crippen LogP contribution in [0.4, 0.5) is 0 Å². The van der Waals surface area contributed by atoms with Crippen LogP contribution >= 0.6 is 0 Å². The van der Waals surface area contributed by atoms with Crippen LogP contribution in [0.3, 0.4) is 0 Å². The minimum absolute atomic E-state index is 0.330. The molecule has 2 N–H and O–H groups in total.